The number of halogens is 1. The first kappa shape index (κ1) is 18.6. The summed E-state index contributed by atoms with van der Waals surface area (Å²) in [6.07, 6.45) is 2.61. The molecule has 0 spiro atoms. The quantitative estimate of drug-likeness (QED) is 0.335. The largest absolute Gasteiger partial charge is 0.501 e. The van der Waals surface area contributed by atoms with Gasteiger partial charge in [-0.25, -0.2) is 0 Å². The van der Waals surface area contributed by atoms with Crippen LogP contribution in [0.1, 0.15) is 54.4 Å². The lowest BCUT2D eigenvalue weighted by atomic mass is 10.4. The van der Waals surface area contributed by atoms with Crippen molar-refractivity contribution < 1.29 is 13.3 Å². The second-order valence-electron chi connectivity index (χ2n) is 5.33. The van der Waals surface area contributed by atoms with E-state index < -0.39 is 8.80 Å². The number of rotatable bonds is 10. The Labute approximate surface area is 122 Å². The molecule has 110 valence electrons. The second kappa shape index (κ2) is 9.48. The van der Waals surface area contributed by atoms with Gasteiger partial charge in [0.25, 0.3) is 0 Å². The molecule has 0 heterocycles. The molecule has 3 nitrogen and oxygen atoms in total. The Morgan fingerprint density at radius 1 is 0.778 bits per heavy atom. The fraction of sp³-hybridized carbons (Fsp3) is 1.00. The van der Waals surface area contributed by atoms with Crippen molar-refractivity contribution in [3.63, 3.8) is 0 Å². The van der Waals surface area contributed by atoms with Crippen LogP contribution in [0.2, 0.25) is 6.04 Å². The molecule has 0 aromatic carbocycles. The van der Waals surface area contributed by atoms with Gasteiger partial charge in [0.15, 0.2) is 0 Å². The molecule has 0 bridgehead atoms. The third-order valence-electron chi connectivity index (χ3n) is 2.11. The van der Waals surface area contributed by atoms with Crippen LogP contribution in [0.25, 0.3) is 0 Å². The molecule has 0 fully saturated rings. The van der Waals surface area contributed by atoms with E-state index in [1.54, 1.807) is 0 Å². The summed E-state index contributed by atoms with van der Waals surface area (Å²) >= 11 is 3.46. The van der Waals surface area contributed by atoms with E-state index >= 15 is 0 Å². The zero-order valence-electron chi connectivity index (χ0n) is 12.7. The van der Waals surface area contributed by atoms with E-state index in [9.17, 15) is 0 Å². The van der Waals surface area contributed by atoms with Crippen molar-refractivity contribution in [1.82, 2.24) is 0 Å². The summed E-state index contributed by atoms with van der Waals surface area (Å²) in [6.45, 7) is 12.2. The van der Waals surface area contributed by atoms with Crippen LogP contribution in [0.4, 0.5) is 0 Å². The molecule has 0 aliphatic heterocycles. The van der Waals surface area contributed by atoms with Gasteiger partial charge >= 0.3 is 8.80 Å². The molecule has 0 saturated heterocycles. The minimum atomic E-state index is -2.54. The van der Waals surface area contributed by atoms with E-state index in [1.165, 1.54) is 0 Å². The van der Waals surface area contributed by atoms with Crippen LogP contribution in [-0.4, -0.2) is 32.4 Å². The Balaban J connectivity index is 4.74. The molecule has 0 atom stereocenters. The molecule has 0 aromatic heterocycles. The van der Waals surface area contributed by atoms with Gasteiger partial charge in [-0.15, -0.1) is 0 Å². The molecule has 5 heteroatoms. The summed E-state index contributed by atoms with van der Waals surface area (Å²) in [4.78, 5) is 0. The first-order chi connectivity index (χ1) is 8.31. The Hall–Kier alpha value is 0.577. The van der Waals surface area contributed by atoms with E-state index in [2.05, 4.69) is 15.9 Å². The third-order valence-corrected chi connectivity index (χ3v) is 6.13. The van der Waals surface area contributed by atoms with Crippen LogP contribution in [-0.2, 0) is 13.3 Å². The summed E-state index contributed by atoms with van der Waals surface area (Å²) in [7, 11) is -2.54. The summed E-state index contributed by atoms with van der Waals surface area (Å²) in [5.74, 6) is 0. The van der Waals surface area contributed by atoms with E-state index in [0.29, 0.717) is 0 Å². The Kier molecular flexibility index (Phi) is 9.78. The van der Waals surface area contributed by atoms with Crippen LogP contribution in [0.3, 0.4) is 0 Å². The summed E-state index contributed by atoms with van der Waals surface area (Å²) in [5, 5.41) is 1.02. The van der Waals surface area contributed by atoms with E-state index in [4.69, 9.17) is 13.3 Å². The molecule has 18 heavy (non-hydrogen) atoms. The maximum Gasteiger partial charge on any atom is 0.501 e. The van der Waals surface area contributed by atoms with Gasteiger partial charge in [-0.05, 0) is 54.4 Å². The molecule has 0 saturated carbocycles. The van der Waals surface area contributed by atoms with Crippen LogP contribution < -0.4 is 0 Å². The van der Waals surface area contributed by atoms with E-state index in [0.717, 1.165) is 24.2 Å². The van der Waals surface area contributed by atoms with Crippen molar-refractivity contribution in [3.05, 3.63) is 0 Å². The molecular weight excluding hydrogens is 312 g/mol. The Morgan fingerprint density at radius 2 is 1.17 bits per heavy atom. The molecular formula is C13H29BrO3Si. The highest BCUT2D eigenvalue weighted by molar-refractivity contribution is 9.09. The van der Waals surface area contributed by atoms with Crippen molar-refractivity contribution in [2.24, 2.45) is 0 Å². The van der Waals surface area contributed by atoms with Crippen LogP contribution in [0, 0.1) is 0 Å². The molecule has 0 aromatic rings. The summed E-state index contributed by atoms with van der Waals surface area (Å²) in [5.41, 5.74) is 0. The molecule has 0 rings (SSSR count). The smallest absolute Gasteiger partial charge is 0.371 e. The Bertz CT molecular complexity index is 184. The molecule has 0 N–H and O–H groups in total. The number of hydrogen-bond donors (Lipinski definition) is 0. The monoisotopic (exact) mass is 340 g/mol. The fourth-order valence-electron chi connectivity index (χ4n) is 1.77. The maximum atomic E-state index is 6.09. The zero-order chi connectivity index (χ0) is 14.2. The van der Waals surface area contributed by atoms with Crippen LogP contribution in [0.15, 0.2) is 0 Å². The molecule has 0 aliphatic rings. The predicted molar refractivity (Wildman–Crippen MR) is 82.3 cm³/mol. The molecule has 0 radical (unpaired) electrons. The standard InChI is InChI=1S/C13H29BrO3Si/c1-11(2)15-18(16-12(3)4,17-13(5)6)10-8-7-9-14/h11-13H,7-10H2,1-6H3. The molecule has 0 amide bonds. The number of hydrogen-bond acceptors (Lipinski definition) is 3. The molecule has 0 aliphatic carbocycles. The van der Waals surface area contributed by atoms with Gasteiger partial charge in [0, 0.05) is 29.7 Å². The van der Waals surface area contributed by atoms with E-state index in [1.807, 2.05) is 41.5 Å². The minimum absolute atomic E-state index is 0.137. The summed E-state index contributed by atoms with van der Waals surface area (Å²) < 4.78 is 18.3. The number of alkyl halides is 1. The average Bonchev–Trinajstić information content (AvgIpc) is 2.13. The topological polar surface area (TPSA) is 27.7 Å². The van der Waals surface area contributed by atoms with Crippen molar-refractivity contribution >= 4 is 24.7 Å². The third kappa shape index (κ3) is 8.64. The van der Waals surface area contributed by atoms with Gasteiger partial charge < -0.3 is 13.3 Å². The van der Waals surface area contributed by atoms with Gasteiger partial charge in [0.05, 0.1) is 0 Å². The Morgan fingerprint density at radius 3 is 1.44 bits per heavy atom. The highest BCUT2D eigenvalue weighted by Crippen LogP contribution is 2.24. The zero-order valence-corrected chi connectivity index (χ0v) is 15.2. The van der Waals surface area contributed by atoms with Gasteiger partial charge in [0.1, 0.15) is 0 Å². The lowest BCUT2D eigenvalue weighted by molar-refractivity contribution is 0.00288. The van der Waals surface area contributed by atoms with Crippen molar-refractivity contribution in [2.45, 2.75) is 78.7 Å². The van der Waals surface area contributed by atoms with Gasteiger partial charge in [-0.2, -0.15) is 0 Å². The predicted octanol–water partition coefficient (Wildman–Crippen LogP) is 4.38. The highest BCUT2D eigenvalue weighted by Gasteiger charge is 2.43. The van der Waals surface area contributed by atoms with Crippen LogP contribution >= 0.6 is 15.9 Å². The van der Waals surface area contributed by atoms with Crippen molar-refractivity contribution in [2.75, 3.05) is 5.33 Å². The lowest BCUT2D eigenvalue weighted by Crippen LogP contribution is -2.50. The van der Waals surface area contributed by atoms with Gasteiger partial charge in [0.2, 0.25) is 0 Å². The average molecular weight is 341 g/mol. The second-order valence-corrected chi connectivity index (χ2v) is 8.70. The highest BCUT2D eigenvalue weighted by atomic mass is 79.9. The van der Waals surface area contributed by atoms with E-state index in [-0.39, 0.29) is 18.3 Å². The van der Waals surface area contributed by atoms with Crippen molar-refractivity contribution in [1.29, 1.82) is 0 Å². The molecule has 0 unspecified atom stereocenters. The van der Waals surface area contributed by atoms with Gasteiger partial charge in [-0.3, -0.25) is 0 Å². The minimum Gasteiger partial charge on any atom is -0.371 e. The SMILES string of the molecule is CC(C)O[Si](CCCCBr)(OC(C)C)OC(C)C. The first-order valence-corrected chi connectivity index (χ1v) is 9.96. The fourth-order valence-corrected chi connectivity index (χ4v) is 5.53. The normalized spacial score (nSPS) is 13.0. The number of unbranched alkanes of at least 4 members (excludes halogenated alkanes) is 1. The summed E-state index contributed by atoms with van der Waals surface area (Å²) in [6, 6.07) is 0.896. The lowest BCUT2D eigenvalue weighted by Gasteiger charge is -2.34. The maximum absolute atomic E-state index is 6.09. The first-order valence-electron chi connectivity index (χ1n) is 6.90. The van der Waals surface area contributed by atoms with Crippen molar-refractivity contribution in [3.8, 4) is 0 Å². The van der Waals surface area contributed by atoms with Gasteiger partial charge in [-0.1, -0.05) is 15.9 Å². The van der Waals surface area contributed by atoms with Crippen LogP contribution in [0.5, 0.6) is 0 Å².